The first-order chi connectivity index (χ1) is 13.1. The molecule has 140 valence electrons. The molecular formula is C22H22O5. The van der Waals surface area contributed by atoms with Crippen LogP contribution in [0.1, 0.15) is 30.0 Å². The number of benzene rings is 2. The van der Waals surface area contributed by atoms with Crippen LogP contribution >= 0.6 is 0 Å². The van der Waals surface area contributed by atoms with Gasteiger partial charge in [-0.15, -0.1) is 0 Å². The monoisotopic (exact) mass is 366 g/mol. The highest BCUT2D eigenvalue weighted by Crippen LogP contribution is 2.29. The molecule has 3 aromatic rings. The molecule has 0 radical (unpaired) electrons. The Morgan fingerprint density at radius 2 is 1.89 bits per heavy atom. The highest BCUT2D eigenvalue weighted by molar-refractivity contribution is 5.85. The molecule has 5 nitrogen and oxygen atoms in total. The SMILES string of the molecule is CCCc1cc(=O)oc2c(C)c(OCC(=O)OCc3ccccc3)ccc12. The minimum Gasteiger partial charge on any atom is -0.481 e. The minimum absolute atomic E-state index is 0.203. The Morgan fingerprint density at radius 3 is 2.63 bits per heavy atom. The Balaban J connectivity index is 1.71. The van der Waals surface area contributed by atoms with Gasteiger partial charge in [0.25, 0.3) is 0 Å². The van der Waals surface area contributed by atoms with Gasteiger partial charge >= 0.3 is 11.6 Å². The van der Waals surface area contributed by atoms with Gasteiger partial charge in [0.15, 0.2) is 6.61 Å². The summed E-state index contributed by atoms with van der Waals surface area (Å²) in [5, 5.41) is 0.896. The van der Waals surface area contributed by atoms with E-state index in [0.29, 0.717) is 16.9 Å². The van der Waals surface area contributed by atoms with Crippen LogP contribution in [0.25, 0.3) is 11.0 Å². The van der Waals surface area contributed by atoms with Crippen LogP contribution in [-0.2, 0) is 22.6 Å². The molecule has 0 aliphatic rings. The van der Waals surface area contributed by atoms with Crippen molar-refractivity contribution in [1.82, 2.24) is 0 Å². The highest BCUT2D eigenvalue weighted by Gasteiger charge is 2.13. The molecule has 0 amide bonds. The van der Waals surface area contributed by atoms with Crippen molar-refractivity contribution in [1.29, 1.82) is 0 Å². The third-order valence-corrected chi connectivity index (χ3v) is 4.30. The molecule has 0 saturated carbocycles. The van der Waals surface area contributed by atoms with Gasteiger partial charge in [0, 0.05) is 17.0 Å². The molecule has 0 fully saturated rings. The maximum Gasteiger partial charge on any atom is 0.344 e. The van der Waals surface area contributed by atoms with Gasteiger partial charge in [-0.3, -0.25) is 0 Å². The highest BCUT2D eigenvalue weighted by atomic mass is 16.6. The number of ether oxygens (including phenoxy) is 2. The lowest BCUT2D eigenvalue weighted by Crippen LogP contribution is -2.15. The number of carbonyl (C=O) groups is 1. The molecule has 1 aromatic heterocycles. The summed E-state index contributed by atoms with van der Waals surface area (Å²) in [4.78, 5) is 23.8. The van der Waals surface area contributed by atoms with Gasteiger partial charge in [-0.1, -0.05) is 43.7 Å². The lowest BCUT2D eigenvalue weighted by Gasteiger charge is -2.12. The van der Waals surface area contributed by atoms with Crippen molar-refractivity contribution in [3.8, 4) is 5.75 Å². The Kier molecular flexibility index (Phi) is 5.91. The fourth-order valence-corrected chi connectivity index (χ4v) is 2.96. The predicted octanol–water partition coefficient (Wildman–Crippen LogP) is 4.18. The first-order valence-corrected chi connectivity index (χ1v) is 8.97. The van der Waals surface area contributed by atoms with Crippen molar-refractivity contribution in [2.75, 3.05) is 6.61 Å². The van der Waals surface area contributed by atoms with Crippen LogP contribution in [0.2, 0.25) is 0 Å². The van der Waals surface area contributed by atoms with E-state index < -0.39 is 5.97 Å². The Bertz CT molecular complexity index is 989. The number of aryl methyl sites for hydroxylation is 2. The normalized spacial score (nSPS) is 10.7. The standard InChI is InChI=1S/C22H22O5/c1-3-7-17-12-20(23)27-22-15(2)19(11-10-18(17)22)25-14-21(24)26-13-16-8-5-4-6-9-16/h4-6,8-12H,3,7,13-14H2,1-2H3. The summed E-state index contributed by atoms with van der Waals surface area (Å²) in [6.45, 7) is 3.87. The van der Waals surface area contributed by atoms with Crippen LogP contribution in [0.15, 0.2) is 57.7 Å². The van der Waals surface area contributed by atoms with Gasteiger partial charge in [0.1, 0.15) is 17.9 Å². The summed E-state index contributed by atoms with van der Waals surface area (Å²) in [5.41, 5.74) is 2.69. The zero-order valence-corrected chi connectivity index (χ0v) is 15.5. The van der Waals surface area contributed by atoms with E-state index in [-0.39, 0.29) is 18.8 Å². The molecule has 0 saturated heterocycles. The molecule has 1 heterocycles. The molecule has 5 heteroatoms. The average Bonchev–Trinajstić information content (AvgIpc) is 2.67. The first kappa shape index (κ1) is 18.7. The number of fused-ring (bicyclic) bond motifs is 1. The number of esters is 1. The van der Waals surface area contributed by atoms with Crippen molar-refractivity contribution in [2.45, 2.75) is 33.3 Å². The maximum atomic E-state index is 11.9. The number of carbonyl (C=O) groups excluding carboxylic acids is 1. The van der Waals surface area contributed by atoms with Crippen LogP contribution in [0.5, 0.6) is 5.75 Å². The zero-order valence-electron chi connectivity index (χ0n) is 15.5. The summed E-state index contributed by atoms with van der Waals surface area (Å²) in [6, 6.07) is 14.6. The predicted molar refractivity (Wildman–Crippen MR) is 103 cm³/mol. The second-order valence-corrected chi connectivity index (χ2v) is 6.34. The van der Waals surface area contributed by atoms with Gasteiger partial charge < -0.3 is 13.9 Å². The first-order valence-electron chi connectivity index (χ1n) is 8.97. The topological polar surface area (TPSA) is 65.7 Å². The number of hydrogen-bond acceptors (Lipinski definition) is 5. The third-order valence-electron chi connectivity index (χ3n) is 4.30. The summed E-state index contributed by atoms with van der Waals surface area (Å²) in [5.74, 6) is 0.0375. The van der Waals surface area contributed by atoms with Crippen molar-refractivity contribution >= 4 is 16.9 Å². The summed E-state index contributed by atoms with van der Waals surface area (Å²) in [6.07, 6.45) is 1.73. The van der Waals surface area contributed by atoms with Crippen LogP contribution in [0.3, 0.4) is 0 Å². The van der Waals surface area contributed by atoms with Crippen LogP contribution in [-0.4, -0.2) is 12.6 Å². The van der Waals surface area contributed by atoms with Gasteiger partial charge in [-0.2, -0.15) is 0 Å². The van der Waals surface area contributed by atoms with Crippen molar-refractivity contribution in [3.63, 3.8) is 0 Å². The van der Waals surface area contributed by atoms with E-state index in [2.05, 4.69) is 6.92 Å². The lowest BCUT2D eigenvalue weighted by molar-refractivity contribution is -0.147. The molecule has 0 N–H and O–H groups in total. The van der Waals surface area contributed by atoms with E-state index in [1.54, 1.807) is 6.07 Å². The van der Waals surface area contributed by atoms with Crippen molar-refractivity contribution in [2.24, 2.45) is 0 Å². The van der Waals surface area contributed by atoms with Crippen molar-refractivity contribution in [3.05, 3.63) is 75.6 Å². The van der Waals surface area contributed by atoms with Gasteiger partial charge in [0.2, 0.25) is 0 Å². The Hall–Kier alpha value is -3.08. The summed E-state index contributed by atoms with van der Waals surface area (Å²) < 4.78 is 16.2. The van der Waals surface area contributed by atoms with Crippen LogP contribution < -0.4 is 10.4 Å². The molecule has 27 heavy (non-hydrogen) atoms. The molecule has 0 spiro atoms. The van der Waals surface area contributed by atoms with E-state index in [0.717, 1.165) is 29.4 Å². The summed E-state index contributed by atoms with van der Waals surface area (Å²) in [7, 11) is 0. The van der Waals surface area contributed by atoms with Gasteiger partial charge in [-0.05, 0) is 36.6 Å². The van der Waals surface area contributed by atoms with Crippen LogP contribution in [0, 0.1) is 6.92 Å². The average molecular weight is 366 g/mol. The molecule has 0 atom stereocenters. The molecule has 0 unspecified atom stereocenters. The molecule has 3 rings (SSSR count). The maximum absolute atomic E-state index is 11.9. The largest absolute Gasteiger partial charge is 0.481 e. The molecule has 0 bridgehead atoms. The fraction of sp³-hybridized carbons (Fsp3) is 0.273. The number of rotatable bonds is 7. The van der Waals surface area contributed by atoms with E-state index >= 15 is 0 Å². The number of hydrogen-bond donors (Lipinski definition) is 0. The van der Waals surface area contributed by atoms with E-state index in [4.69, 9.17) is 13.9 Å². The molecule has 0 aliphatic heterocycles. The van der Waals surface area contributed by atoms with Crippen molar-refractivity contribution < 1.29 is 18.7 Å². The molecule has 2 aromatic carbocycles. The van der Waals surface area contributed by atoms with Gasteiger partial charge in [-0.25, -0.2) is 9.59 Å². The molecule has 0 aliphatic carbocycles. The molecular weight excluding hydrogens is 344 g/mol. The second kappa shape index (κ2) is 8.54. The lowest BCUT2D eigenvalue weighted by atomic mass is 10.0. The van der Waals surface area contributed by atoms with E-state index in [9.17, 15) is 9.59 Å². The Morgan fingerprint density at radius 1 is 1.11 bits per heavy atom. The summed E-state index contributed by atoms with van der Waals surface area (Å²) >= 11 is 0. The zero-order chi connectivity index (χ0) is 19.2. The fourth-order valence-electron chi connectivity index (χ4n) is 2.96. The minimum atomic E-state index is -0.459. The van der Waals surface area contributed by atoms with E-state index in [1.807, 2.05) is 43.3 Å². The smallest absolute Gasteiger partial charge is 0.344 e. The second-order valence-electron chi connectivity index (χ2n) is 6.34. The third kappa shape index (κ3) is 4.56. The van der Waals surface area contributed by atoms with Crippen LogP contribution in [0.4, 0.5) is 0 Å². The Labute approximate surface area is 157 Å². The quantitative estimate of drug-likeness (QED) is 0.464. The van der Waals surface area contributed by atoms with E-state index in [1.165, 1.54) is 6.07 Å². The van der Waals surface area contributed by atoms with Gasteiger partial charge in [0.05, 0.1) is 0 Å².